The van der Waals surface area contributed by atoms with E-state index in [-0.39, 0.29) is 18.3 Å². The van der Waals surface area contributed by atoms with Crippen LogP contribution < -0.4 is 11.1 Å². The summed E-state index contributed by atoms with van der Waals surface area (Å²) >= 11 is 5.53. The van der Waals surface area contributed by atoms with Crippen molar-refractivity contribution in [3.05, 3.63) is 4.91 Å². The van der Waals surface area contributed by atoms with E-state index in [1.165, 1.54) is 4.90 Å². The van der Waals surface area contributed by atoms with Gasteiger partial charge in [0.2, 0.25) is 11.8 Å². The van der Waals surface area contributed by atoms with E-state index < -0.39 is 29.9 Å². The molecule has 0 radical (unpaired) electrons. The standard InChI is InChI=1S/C14H24ClN5O4/c1-9(2)8-10(12(16)21)17-13(22)11-4-3-6-19(11)14(23)20(18-24)7-5-15/h9-11H,3-8H2,1-2H3,(H2,16,21)(H,17,22)/t10-,11-/m0/s1. The number of rotatable bonds is 8. The minimum Gasteiger partial charge on any atom is -0.368 e. The SMILES string of the molecule is CC(C)C[C@H](NC(=O)[C@@H]1CCCN1C(=O)N(CCCl)N=O)C(N)=O. The third kappa shape index (κ3) is 5.33. The number of nitrogens with one attached hydrogen (secondary N) is 1. The smallest absolute Gasteiger partial charge is 0.343 e. The summed E-state index contributed by atoms with van der Waals surface area (Å²) in [4.78, 5) is 48.3. The van der Waals surface area contributed by atoms with Gasteiger partial charge in [0.25, 0.3) is 0 Å². The Balaban J connectivity index is 2.79. The Morgan fingerprint density at radius 1 is 1.42 bits per heavy atom. The molecule has 0 aromatic rings. The molecule has 1 rings (SSSR count). The van der Waals surface area contributed by atoms with E-state index in [0.717, 1.165) is 0 Å². The van der Waals surface area contributed by atoms with Gasteiger partial charge in [-0.1, -0.05) is 13.8 Å². The molecular formula is C14H24ClN5O4. The number of carbonyl (C=O) groups is 3. The van der Waals surface area contributed by atoms with E-state index in [1.54, 1.807) is 0 Å². The zero-order valence-electron chi connectivity index (χ0n) is 13.9. The molecule has 0 aliphatic carbocycles. The number of amides is 4. The molecule has 9 nitrogen and oxygen atoms in total. The van der Waals surface area contributed by atoms with Gasteiger partial charge in [0.05, 0.1) is 11.8 Å². The molecule has 1 heterocycles. The van der Waals surface area contributed by atoms with Crippen molar-refractivity contribution in [1.29, 1.82) is 0 Å². The van der Waals surface area contributed by atoms with Gasteiger partial charge in [0, 0.05) is 12.4 Å². The lowest BCUT2D eigenvalue weighted by Crippen LogP contribution is -2.54. The minimum absolute atomic E-state index is 0.0357. The zero-order chi connectivity index (χ0) is 18.3. The molecule has 1 saturated heterocycles. The fraction of sp³-hybridized carbons (Fsp3) is 0.786. The van der Waals surface area contributed by atoms with Crippen LogP contribution in [0.15, 0.2) is 5.29 Å². The molecule has 0 unspecified atom stereocenters. The summed E-state index contributed by atoms with van der Waals surface area (Å²) in [6.07, 6.45) is 1.47. The van der Waals surface area contributed by atoms with Crippen molar-refractivity contribution in [3.8, 4) is 0 Å². The lowest BCUT2D eigenvalue weighted by molar-refractivity contribution is -0.130. The van der Waals surface area contributed by atoms with E-state index in [2.05, 4.69) is 10.6 Å². The summed E-state index contributed by atoms with van der Waals surface area (Å²) < 4.78 is 0. The van der Waals surface area contributed by atoms with Crippen LogP contribution in [-0.4, -0.2) is 58.8 Å². The molecule has 1 aliphatic rings. The van der Waals surface area contributed by atoms with Gasteiger partial charge in [-0.3, -0.25) is 9.59 Å². The molecule has 0 bridgehead atoms. The predicted octanol–water partition coefficient (Wildman–Crippen LogP) is 0.809. The van der Waals surface area contributed by atoms with E-state index in [1.807, 2.05) is 13.8 Å². The first-order valence-corrected chi connectivity index (χ1v) is 8.42. The maximum atomic E-state index is 12.5. The fourth-order valence-corrected chi connectivity index (χ4v) is 2.81. The summed E-state index contributed by atoms with van der Waals surface area (Å²) in [5, 5.41) is 5.94. The summed E-state index contributed by atoms with van der Waals surface area (Å²) in [7, 11) is 0. The number of nitrogens with zero attached hydrogens (tertiary/aromatic N) is 3. The zero-order valence-corrected chi connectivity index (χ0v) is 14.7. The highest BCUT2D eigenvalue weighted by atomic mass is 35.5. The molecule has 24 heavy (non-hydrogen) atoms. The van der Waals surface area contributed by atoms with Crippen molar-refractivity contribution in [2.24, 2.45) is 16.9 Å². The molecule has 0 aromatic heterocycles. The second-order valence-electron chi connectivity index (χ2n) is 6.12. The lowest BCUT2D eigenvalue weighted by Gasteiger charge is -2.28. The second-order valence-corrected chi connectivity index (χ2v) is 6.50. The monoisotopic (exact) mass is 361 g/mol. The maximum absolute atomic E-state index is 12.5. The van der Waals surface area contributed by atoms with Gasteiger partial charge in [-0.15, -0.1) is 16.5 Å². The van der Waals surface area contributed by atoms with Crippen molar-refractivity contribution in [2.45, 2.75) is 45.2 Å². The van der Waals surface area contributed by atoms with Crippen molar-refractivity contribution < 1.29 is 14.4 Å². The van der Waals surface area contributed by atoms with Crippen LogP contribution in [0.25, 0.3) is 0 Å². The van der Waals surface area contributed by atoms with Crippen LogP contribution in [0.2, 0.25) is 0 Å². The molecule has 1 fully saturated rings. The molecule has 0 spiro atoms. The number of nitroso groups, excluding NO2 is 1. The Labute approximate surface area is 145 Å². The normalized spacial score (nSPS) is 18.3. The topological polar surface area (TPSA) is 125 Å². The van der Waals surface area contributed by atoms with Crippen molar-refractivity contribution >= 4 is 29.4 Å². The van der Waals surface area contributed by atoms with Crippen LogP contribution in [0.5, 0.6) is 0 Å². The van der Waals surface area contributed by atoms with E-state index >= 15 is 0 Å². The molecular weight excluding hydrogens is 338 g/mol. The lowest BCUT2D eigenvalue weighted by atomic mass is 10.0. The molecule has 3 N–H and O–H groups in total. The number of hydrogen-bond acceptors (Lipinski definition) is 5. The molecule has 4 amide bonds. The number of halogens is 1. The van der Waals surface area contributed by atoms with Crippen LogP contribution in [0.3, 0.4) is 0 Å². The maximum Gasteiger partial charge on any atom is 0.343 e. The first-order chi connectivity index (χ1) is 11.3. The summed E-state index contributed by atoms with van der Waals surface area (Å²) in [6, 6.07) is -2.22. The van der Waals surface area contributed by atoms with Crippen LogP contribution in [0.1, 0.15) is 33.1 Å². The molecule has 2 atom stereocenters. The van der Waals surface area contributed by atoms with Crippen LogP contribution in [0.4, 0.5) is 4.79 Å². The van der Waals surface area contributed by atoms with Gasteiger partial charge < -0.3 is 16.0 Å². The highest BCUT2D eigenvalue weighted by molar-refractivity contribution is 6.18. The van der Waals surface area contributed by atoms with E-state index in [4.69, 9.17) is 17.3 Å². The molecule has 136 valence electrons. The van der Waals surface area contributed by atoms with Crippen LogP contribution >= 0.6 is 11.6 Å². The third-order valence-electron chi connectivity index (χ3n) is 3.78. The Kier molecular flexibility index (Phi) is 7.90. The van der Waals surface area contributed by atoms with Crippen molar-refractivity contribution in [1.82, 2.24) is 15.2 Å². The van der Waals surface area contributed by atoms with E-state index in [0.29, 0.717) is 30.8 Å². The van der Waals surface area contributed by atoms with Gasteiger partial charge in [0.1, 0.15) is 12.1 Å². The average Bonchev–Trinajstić information content (AvgIpc) is 3.00. The molecule has 1 aliphatic heterocycles. The second kappa shape index (κ2) is 9.41. The third-order valence-corrected chi connectivity index (χ3v) is 3.95. The van der Waals surface area contributed by atoms with Gasteiger partial charge in [-0.25, -0.2) is 4.79 Å². The summed E-state index contributed by atoms with van der Waals surface area (Å²) in [5.41, 5.74) is 5.32. The Morgan fingerprint density at radius 2 is 2.08 bits per heavy atom. The van der Waals surface area contributed by atoms with Crippen LogP contribution in [0, 0.1) is 10.8 Å². The fourth-order valence-electron chi connectivity index (χ4n) is 2.65. The summed E-state index contributed by atoms with van der Waals surface area (Å²) in [6.45, 7) is 4.11. The van der Waals surface area contributed by atoms with Gasteiger partial charge in [-0.05, 0) is 25.2 Å². The Bertz CT molecular complexity index is 488. The number of urea groups is 1. The predicted molar refractivity (Wildman–Crippen MR) is 88.9 cm³/mol. The van der Waals surface area contributed by atoms with Crippen molar-refractivity contribution in [3.63, 3.8) is 0 Å². The summed E-state index contributed by atoms with van der Waals surface area (Å²) in [5.74, 6) is -0.851. The van der Waals surface area contributed by atoms with E-state index in [9.17, 15) is 19.3 Å². The molecule has 0 aromatic carbocycles. The highest BCUT2D eigenvalue weighted by Crippen LogP contribution is 2.20. The number of primary amides is 1. The first kappa shape index (κ1) is 20.1. The van der Waals surface area contributed by atoms with Crippen LogP contribution in [-0.2, 0) is 9.59 Å². The number of alkyl halides is 1. The number of carbonyl (C=O) groups excluding carboxylic acids is 3. The van der Waals surface area contributed by atoms with Gasteiger partial charge >= 0.3 is 6.03 Å². The number of nitrogens with two attached hydrogens (primary N) is 1. The minimum atomic E-state index is -0.793. The Morgan fingerprint density at radius 3 is 2.58 bits per heavy atom. The average molecular weight is 362 g/mol. The van der Waals surface area contributed by atoms with Gasteiger partial charge in [-0.2, -0.15) is 5.01 Å². The molecule has 10 heteroatoms. The number of hydrogen-bond donors (Lipinski definition) is 2. The quantitative estimate of drug-likeness (QED) is 0.377. The first-order valence-electron chi connectivity index (χ1n) is 7.88. The Hall–Kier alpha value is -1.90. The van der Waals surface area contributed by atoms with Gasteiger partial charge in [0.15, 0.2) is 0 Å². The number of likely N-dealkylation sites (tertiary alicyclic amines) is 1. The highest BCUT2D eigenvalue weighted by Gasteiger charge is 2.37. The largest absolute Gasteiger partial charge is 0.368 e. The van der Waals surface area contributed by atoms with Crippen molar-refractivity contribution in [2.75, 3.05) is 19.0 Å². The molecule has 0 saturated carbocycles.